The number of sulfonamides is 1. The number of likely N-dealkylation sites (N-methyl/N-ethyl adjacent to an activating group) is 1. The van der Waals surface area contributed by atoms with Crippen molar-refractivity contribution in [2.24, 2.45) is 11.1 Å². The van der Waals surface area contributed by atoms with E-state index in [1.165, 1.54) is 12.8 Å². The predicted octanol–water partition coefficient (Wildman–Crippen LogP) is 2.35. The van der Waals surface area contributed by atoms with Crippen molar-refractivity contribution < 1.29 is 8.42 Å². The Bertz CT molecular complexity index is 377. The number of hydrogen-bond donors (Lipinski definition) is 1. The molecule has 0 saturated heterocycles. The summed E-state index contributed by atoms with van der Waals surface area (Å²) in [6.45, 7) is 6.30. The lowest BCUT2D eigenvalue weighted by atomic mass is 9.90. The Labute approximate surface area is 118 Å². The highest BCUT2D eigenvalue weighted by Crippen LogP contribution is 2.34. The van der Waals surface area contributed by atoms with Crippen LogP contribution in [0.2, 0.25) is 0 Å². The first-order chi connectivity index (χ1) is 8.63. The van der Waals surface area contributed by atoms with Crippen LogP contribution in [0.4, 0.5) is 0 Å². The molecule has 1 aliphatic rings. The van der Waals surface area contributed by atoms with E-state index in [1.807, 2.05) is 20.8 Å². The van der Waals surface area contributed by atoms with Gasteiger partial charge in [0.25, 0.3) is 0 Å². The van der Waals surface area contributed by atoms with Gasteiger partial charge in [-0.25, -0.2) is 8.42 Å². The van der Waals surface area contributed by atoms with Gasteiger partial charge in [0, 0.05) is 19.1 Å². The predicted molar refractivity (Wildman–Crippen MR) is 80.5 cm³/mol. The molecule has 1 saturated carbocycles. The third kappa shape index (κ3) is 4.43. The molecule has 0 atom stereocenters. The first-order valence-corrected chi connectivity index (χ1v) is 8.91. The molecule has 1 fully saturated rings. The van der Waals surface area contributed by atoms with Crippen LogP contribution < -0.4 is 5.73 Å². The van der Waals surface area contributed by atoms with Gasteiger partial charge in [0.05, 0.1) is 5.75 Å². The molecule has 0 bridgehead atoms. The second-order valence-corrected chi connectivity index (χ2v) is 9.13. The van der Waals surface area contributed by atoms with Gasteiger partial charge < -0.3 is 5.73 Å². The Kier molecular flexibility index (Phi) is 5.43. The summed E-state index contributed by atoms with van der Waals surface area (Å²) in [7, 11) is -1.53. The van der Waals surface area contributed by atoms with Crippen molar-refractivity contribution >= 4 is 10.0 Å². The van der Waals surface area contributed by atoms with Gasteiger partial charge in [0.15, 0.2) is 0 Å². The first kappa shape index (κ1) is 16.9. The highest BCUT2D eigenvalue weighted by atomic mass is 32.2. The molecule has 0 radical (unpaired) electrons. The van der Waals surface area contributed by atoms with E-state index >= 15 is 0 Å². The summed E-state index contributed by atoms with van der Waals surface area (Å²) in [5.74, 6) is 0.179. The van der Waals surface area contributed by atoms with E-state index in [4.69, 9.17) is 5.73 Å². The van der Waals surface area contributed by atoms with Crippen molar-refractivity contribution in [1.82, 2.24) is 4.31 Å². The van der Waals surface area contributed by atoms with Crippen LogP contribution in [0.3, 0.4) is 0 Å². The number of nitrogens with two attached hydrogens (primary N) is 1. The molecule has 0 heterocycles. The zero-order valence-corrected chi connectivity index (χ0v) is 13.7. The van der Waals surface area contributed by atoms with E-state index in [1.54, 1.807) is 11.4 Å². The third-order valence-electron chi connectivity index (χ3n) is 4.11. The largest absolute Gasteiger partial charge is 0.329 e. The summed E-state index contributed by atoms with van der Waals surface area (Å²) >= 11 is 0. The quantitative estimate of drug-likeness (QED) is 0.808. The van der Waals surface area contributed by atoms with Crippen molar-refractivity contribution in [1.29, 1.82) is 0 Å². The molecule has 4 nitrogen and oxygen atoms in total. The average Bonchev–Trinajstić information content (AvgIpc) is 2.50. The minimum absolute atomic E-state index is 0.179. The summed E-state index contributed by atoms with van der Waals surface area (Å²) in [5, 5.41) is 0. The molecule has 1 rings (SSSR count). The number of hydrogen-bond acceptors (Lipinski definition) is 3. The molecule has 0 amide bonds. The van der Waals surface area contributed by atoms with Crippen molar-refractivity contribution in [2.75, 3.05) is 19.3 Å². The second kappa shape index (κ2) is 6.10. The Balaban J connectivity index is 2.97. The van der Waals surface area contributed by atoms with Gasteiger partial charge in [-0.15, -0.1) is 0 Å². The van der Waals surface area contributed by atoms with Crippen LogP contribution in [0.15, 0.2) is 0 Å². The second-order valence-electron chi connectivity index (χ2n) is 7.13. The third-order valence-corrected chi connectivity index (χ3v) is 6.57. The van der Waals surface area contributed by atoms with E-state index in [2.05, 4.69) is 0 Å². The maximum absolute atomic E-state index is 12.6. The van der Waals surface area contributed by atoms with Gasteiger partial charge in [0.2, 0.25) is 10.0 Å². The summed E-state index contributed by atoms with van der Waals surface area (Å²) < 4.78 is 26.8. The molecule has 0 aromatic heterocycles. The van der Waals surface area contributed by atoms with Crippen molar-refractivity contribution in [3.05, 3.63) is 0 Å². The average molecular weight is 290 g/mol. The molecule has 19 heavy (non-hydrogen) atoms. The van der Waals surface area contributed by atoms with Crippen LogP contribution in [0.5, 0.6) is 0 Å². The Morgan fingerprint density at radius 2 is 1.58 bits per heavy atom. The molecule has 0 aromatic rings. The molecule has 5 heteroatoms. The van der Waals surface area contributed by atoms with Gasteiger partial charge in [0.1, 0.15) is 0 Å². The van der Waals surface area contributed by atoms with Crippen LogP contribution in [0.1, 0.15) is 59.3 Å². The van der Waals surface area contributed by atoms with Crippen LogP contribution in [-0.4, -0.2) is 37.6 Å². The highest BCUT2D eigenvalue weighted by molar-refractivity contribution is 7.89. The van der Waals surface area contributed by atoms with Crippen LogP contribution in [-0.2, 0) is 10.0 Å². The molecule has 114 valence electrons. The summed E-state index contributed by atoms with van der Waals surface area (Å²) in [6.07, 6.45) is 6.32. The minimum Gasteiger partial charge on any atom is -0.329 e. The molecule has 0 unspecified atom stereocenters. The molecular weight excluding hydrogens is 260 g/mol. The normalized spacial score (nSPS) is 21.4. The van der Waals surface area contributed by atoms with E-state index in [9.17, 15) is 8.42 Å². The van der Waals surface area contributed by atoms with Crippen molar-refractivity contribution in [3.8, 4) is 0 Å². The monoisotopic (exact) mass is 290 g/mol. The van der Waals surface area contributed by atoms with E-state index in [0.29, 0.717) is 6.54 Å². The molecule has 2 N–H and O–H groups in total. The van der Waals surface area contributed by atoms with Crippen LogP contribution in [0, 0.1) is 5.41 Å². The minimum atomic E-state index is -3.25. The van der Waals surface area contributed by atoms with Crippen molar-refractivity contribution in [2.45, 2.75) is 64.8 Å². The molecule has 1 aliphatic carbocycles. The van der Waals surface area contributed by atoms with E-state index < -0.39 is 10.0 Å². The Morgan fingerprint density at radius 1 is 1.11 bits per heavy atom. The highest BCUT2D eigenvalue weighted by Gasteiger charge is 2.41. The Hall–Kier alpha value is -0.130. The topological polar surface area (TPSA) is 63.4 Å². The number of nitrogens with zero attached hydrogens (tertiary/aromatic N) is 1. The maximum atomic E-state index is 12.6. The summed E-state index contributed by atoms with van der Waals surface area (Å²) in [4.78, 5) is 0. The molecular formula is C14H30N2O2S. The fraction of sp³-hybridized carbons (Fsp3) is 1.00. The van der Waals surface area contributed by atoms with Gasteiger partial charge >= 0.3 is 0 Å². The summed E-state index contributed by atoms with van der Waals surface area (Å²) in [6, 6.07) is 0. The lowest BCUT2D eigenvalue weighted by Gasteiger charge is -2.40. The zero-order valence-electron chi connectivity index (χ0n) is 12.9. The van der Waals surface area contributed by atoms with Crippen molar-refractivity contribution in [3.63, 3.8) is 0 Å². The lowest BCUT2D eigenvalue weighted by molar-refractivity contribution is 0.194. The maximum Gasteiger partial charge on any atom is 0.214 e. The lowest BCUT2D eigenvalue weighted by Crippen LogP contribution is -2.55. The van der Waals surface area contributed by atoms with Crippen LogP contribution >= 0.6 is 0 Å². The van der Waals surface area contributed by atoms with E-state index in [0.717, 1.165) is 25.7 Å². The molecule has 0 aromatic carbocycles. The van der Waals surface area contributed by atoms with Crippen LogP contribution in [0.25, 0.3) is 0 Å². The first-order valence-electron chi connectivity index (χ1n) is 7.30. The van der Waals surface area contributed by atoms with Gasteiger partial charge in [-0.1, -0.05) is 46.5 Å². The van der Waals surface area contributed by atoms with Gasteiger partial charge in [-0.2, -0.15) is 4.31 Å². The summed E-state index contributed by atoms with van der Waals surface area (Å²) in [5.41, 5.74) is 5.37. The smallest absolute Gasteiger partial charge is 0.214 e. The fourth-order valence-electron chi connectivity index (χ4n) is 2.97. The van der Waals surface area contributed by atoms with Gasteiger partial charge in [-0.3, -0.25) is 0 Å². The molecule has 0 aliphatic heterocycles. The van der Waals surface area contributed by atoms with E-state index in [-0.39, 0.29) is 16.7 Å². The number of rotatable bonds is 4. The fourth-order valence-corrected chi connectivity index (χ4v) is 5.11. The standard InChI is InChI=1S/C14H30N2O2S/c1-13(2,3)12-19(17,18)16(4)14(11-15)9-7-5-6-8-10-14/h5-12,15H2,1-4H3. The van der Waals surface area contributed by atoms with Gasteiger partial charge in [-0.05, 0) is 18.3 Å². The SMILES string of the molecule is CN(C1(CN)CCCCCC1)S(=O)(=O)CC(C)(C)C. The zero-order chi connectivity index (χ0) is 14.7. The Morgan fingerprint density at radius 3 is 1.95 bits per heavy atom. The molecule has 0 spiro atoms.